The molecule has 1 aromatic rings. The fourth-order valence-electron chi connectivity index (χ4n) is 1.37. The van der Waals surface area contributed by atoms with Gasteiger partial charge in [0.1, 0.15) is 12.4 Å². The van der Waals surface area contributed by atoms with E-state index in [9.17, 15) is 4.79 Å². The summed E-state index contributed by atoms with van der Waals surface area (Å²) >= 11 is 0. The molecule has 98 valence electrons. The van der Waals surface area contributed by atoms with Crippen LogP contribution in [-0.4, -0.2) is 30.9 Å². The van der Waals surface area contributed by atoms with Gasteiger partial charge in [-0.3, -0.25) is 0 Å². The van der Waals surface area contributed by atoms with E-state index in [1.54, 1.807) is 6.07 Å². The van der Waals surface area contributed by atoms with Gasteiger partial charge in [-0.1, -0.05) is 25.1 Å². The van der Waals surface area contributed by atoms with Crippen LogP contribution in [0.2, 0.25) is 0 Å². The molecule has 0 saturated heterocycles. The van der Waals surface area contributed by atoms with E-state index in [0.717, 1.165) is 24.7 Å². The highest BCUT2D eigenvalue weighted by atomic mass is 16.5. The molecule has 4 nitrogen and oxygen atoms in total. The second-order valence-electron chi connectivity index (χ2n) is 3.67. The topological polar surface area (TPSA) is 55.8 Å². The highest BCUT2D eigenvalue weighted by Gasteiger charge is 2.00. The van der Waals surface area contributed by atoms with E-state index in [-0.39, 0.29) is 0 Å². The summed E-state index contributed by atoms with van der Waals surface area (Å²) in [5.41, 5.74) is 0.746. The molecule has 0 fully saturated rings. The molecule has 18 heavy (non-hydrogen) atoms. The number of carboxylic acid groups (broad SMARTS) is 1. The van der Waals surface area contributed by atoms with Crippen LogP contribution in [0.3, 0.4) is 0 Å². The van der Waals surface area contributed by atoms with Crippen molar-refractivity contribution >= 4 is 12.0 Å². The first-order valence-corrected chi connectivity index (χ1v) is 5.94. The van der Waals surface area contributed by atoms with Crippen molar-refractivity contribution in [2.75, 3.05) is 19.8 Å². The van der Waals surface area contributed by atoms with Gasteiger partial charge >= 0.3 is 5.97 Å². The number of hydrogen-bond donors (Lipinski definition) is 1. The fraction of sp³-hybridized carbons (Fsp3) is 0.357. The second-order valence-corrected chi connectivity index (χ2v) is 3.67. The van der Waals surface area contributed by atoms with Crippen LogP contribution >= 0.6 is 0 Å². The average molecular weight is 250 g/mol. The zero-order valence-corrected chi connectivity index (χ0v) is 10.5. The molecule has 0 saturated carbocycles. The lowest BCUT2D eigenvalue weighted by Crippen LogP contribution is -2.07. The summed E-state index contributed by atoms with van der Waals surface area (Å²) in [6.45, 7) is 3.76. The molecule has 0 bridgehead atoms. The number of para-hydroxylation sites is 1. The Morgan fingerprint density at radius 1 is 1.28 bits per heavy atom. The van der Waals surface area contributed by atoms with E-state index < -0.39 is 5.97 Å². The van der Waals surface area contributed by atoms with Crippen molar-refractivity contribution < 1.29 is 19.4 Å². The number of benzene rings is 1. The number of rotatable bonds is 8. The van der Waals surface area contributed by atoms with Crippen molar-refractivity contribution in [3.63, 3.8) is 0 Å². The first-order chi connectivity index (χ1) is 8.74. The molecule has 0 aliphatic rings. The minimum absolute atomic E-state index is 0.456. The maximum atomic E-state index is 10.5. The van der Waals surface area contributed by atoms with Gasteiger partial charge in [-0.15, -0.1) is 0 Å². The Bertz CT molecular complexity index is 399. The minimum atomic E-state index is -0.976. The van der Waals surface area contributed by atoms with E-state index >= 15 is 0 Å². The van der Waals surface area contributed by atoms with Gasteiger partial charge in [-0.2, -0.15) is 0 Å². The minimum Gasteiger partial charge on any atom is -0.491 e. The number of ether oxygens (including phenoxy) is 2. The smallest absolute Gasteiger partial charge is 0.328 e. The normalized spacial score (nSPS) is 10.7. The lowest BCUT2D eigenvalue weighted by atomic mass is 10.2. The standard InChI is InChI=1S/C14H18O4/c1-2-9-17-10-11-18-13-6-4-3-5-12(13)7-8-14(15)16/h3-8H,2,9-11H2,1H3,(H,15,16)/b8-7+. The highest BCUT2D eigenvalue weighted by molar-refractivity contribution is 5.85. The van der Waals surface area contributed by atoms with Crippen molar-refractivity contribution in [2.45, 2.75) is 13.3 Å². The third kappa shape index (κ3) is 5.50. The van der Waals surface area contributed by atoms with E-state index in [0.29, 0.717) is 19.0 Å². The molecule has 1 N–H and O–H groups in total. The SMILES string of the molecule is CCCOCCOc1ccccc1/C=C/C(=O)O. The predicted octanol–water partition coefficient (Wildman–Crippen LogP) is 2.59. The van der Waals surface area contributed by atoms with E-state index in [4.69, 9.17) is 14.6 Å². The van der Waals surface area contributed by atoms with Gasteiger partial charge in [-0.25, -0.2) is 4.79 Å². The van der Waals surface area contributed by atoms with Gasteiger partial charge in [-0.05, 0) is 18.6 Å². The van der Waals surface area contributed by atoms with Crippen molar-refractivity contribution in [1.82, 2.24) is 0 Å². The van der Waals surface area contributed by atoms with Crippen molar-refractivity contribution in [3.05, 3.63) is 35.9 Å². The lowest BCUT2D eigenvalue weighted by Gasteiger charge is -2.09. The third-order valence-corrected chi connectivity index (χ3v) is 2.16. The summed E-state index contributed by atoms with van der Waals surface area (Å²) in [5, 5.41) is 8.59. The first kappa shape index (κ1) is 14.3. The van der Waals surface area contributed by atoms with Crippen molar-refractivity contribution in [1.29, 1.82) is 0 Å². The number of carboxylic acids is 1. The first-order valence-electron chi connectivity index (χ1n) is 5.94. The quantitative estimate of drug-likeness (QED) is 0.569. The molecule has 0 unspecified atom stereocenters. The molecular weight excluding hydrogens is 232 g/mol. The largest absolute Gasteiger partial charge is 0.491 e. The second kappa shape index (κ2) is 8.31. The van der Waals surface area contributed by atoms with E-state index in [1.807, 2.05) is 25.1 Å². The Balaban J connectivity index is 2.51. The molecule has 0 aromatic heterocycles. The maximum absolute atomic E-state index is 10.5. The summed E-state index contributed by atoms with van der Waals surface area (Å²) < 4.78 is 10.9. The van der Waals surface area contributed by atoms with E-state index in [2.05, 4.69) is 0 Å². The van der Waals surface area contributed by atoms with Gasteiger partial charge in [0.25, 0.3) is 0 Å². The molecule has 1 rings (SSSR count). The predicted molar refractivity (Wildman–Crippen MR) is 69.7 cm³/mol. The number of aliphatic carboxylic acids is 1. The molecule has 0 amide bonds. The molecule has 0 atom stereocenters. The Kier molecular flexibility index (Phi) is 6.58. The Hall–Kier alpha value is -1.81. The molecule has 0 radical (unpaired) electrons. The maximum Gasteiger partial charge on any atom is 0.328 e. The fourth-order valence-corrected chi connectivity index (χ4v) is 1.37. The van der Waals surface area contributed by atoms with Crippen LogP contribution in [-0.2, 0) is 9.53 Å². The summed E-state index contributed by atoms with van der Waals surface area (Å²) in [6.07, 6.45) is 3.60. The third-order valence-electron chi connectivity index (χ3n) is 2.16. The summed E-state index contributed by atoms with van der Waals surface area (Å²) in [7, 11) is 0. The van der Waals surface area contributed by atoms with Gasteiger partial charge in [0.2, 0.25) is 0 Å². The lowest BCUT2D eigenvalue weighted by molar-refractivity contribution is -0.131. The van der Waals surface area contributed by atoms with Crippen LogP contribution in [0, 0.1) is 0 Å². The molecular formula is C14H18O4. The molecule has 4 heteroatoms. The van der Waals surface area contributed by atoms with Crippen molar-refractivity contribution in [3.8, 4) is 5.75 Å². The summed E-state index contributed by atoms with van der Waals surface area (Å²) in [5.74, 6) is -0.314. The zero-order chi connectivity index (χ0) is 13.2. The number of hydrogen-bond acceptors (Lipinski definition) is 3. The van der Waals surface area contributed by atoms with Gasteiger partial charge in [0, 0.05) is 18.2 Å². The van der Waals surface area contributed by atoms with Crippen LogP contribution in [0.15, 0.2) is 30.3 Å². The summed E-state index contributed by atoms with van der Waals surface area (Å²) in [6, 6.07) is 7.30. The molecule has 1 aromatic carbocycles. The highest BCUT2D eigenvalue weighted by Crippen LogP contribution is 2.19. The Morgan fingerprint density at radius 3 is 2.78 bits per heavy atom. The van der Waals surface area contributed by atoms with E-state index in [1.165, 1.54) is 6.08 Å². The zero-order valence-electron chi connectivity index (χ0n) is 10.5. The van der Waals surface area contributed by atoms with Crippen LogP contribution in [0.4, 0.5) is 0 Å². The average Bonchev–Trinajstić information content (AvgIpc) is 2.37. The van der Waals surface area contributed by atoms with Crippen molar-refractivity contribution in [2.24, 2.45) is 0 Å². The van der Waals surface area contributed by atoms with Crippen LogP contribution in [0.25, 0.3) is 6.08 Å². The van der Waals surface area contributed by atoms with Crippen LogP contribution in [0.5, 0.6) is 5.75 Å². The Morgan fingerprint density at radius 2 is 2.06 bits per heavy atom. The van der Waals surface area contributed by atoms with Gasteiger partial charge in [0.05, 0.1) is 6.61 Å². The van der Waals surface area contributed by atoms with Crippen LogP contribution in [0.1, 0.15) is 18.9 Å². The number of carbonyl (C=O) groups is 1. The van der Waals surface area contributed by atoms with Crippen LogP contribution < -0.4 is 4.74 Å². The molecule has 0 spiro atoms. The molecule has 0 heterocycles. The molecule has 0 aliphatic carbocycles. The Labute approximate surface area is 107 Å². The van der Waals surface area contributed by atoms with Gasteiger partial charge < -0.3 is 14.6 Å². The monoisotopic (exact) mass is 250 g/mol. The summed E-state index contributed by atoms with van der Waals surface area (Å²) in [4.78, 5) is 10.5. The van der Waals surface area contributed by atoms with Gasteiger partial charge in [0.15, 0.2) is 0 Å². The molecule has 0 aliphatic heterocycles.